The molecule has 2 saturated heterocycles. The van der Waals surface area contributed by atoms with Crippen LogP contribution in [0.25, 0.3) is 11.0 Å². The van der Waals surface area contributed by atoms with Gasteiger partial charge in [0.1, 0.15) is 0 Å². The van der Waals surface area contributed by atoms with Gasteiger partial charge in [0, 0.05) is 43.8 Å². The average Bonchev–Trinajstić information content (AvgIpc) is 3.04. The Morgan fingerprint density at radius 1 is 1.35 bits per heavy atom. The van der Waals surface area contributed by atoms with Crippen LogP contribution in [0, 0.1) is 6.92 Å². The van der Waals surface area contributed by atoms with Crippen molar-refractivity contribution in [3.05, 3.63) is 23.5 Å². The molecule has 0 radical (unpaired) electrons. The molecule has 23 heavy (non-hydrogen) atoms. The normalized spacial score (nSPS) is 26.7. The molecule has 2 aliphatic heterocycles. The molecular formula is C17H23N5O. The molecular weight excluding hydrogens is 290 g/mol. The van der Waals surface area contributed by atoms with Crippen LogP contribution in [0.1, 0.15) is 41.7 Å². The second-order valence-corrected chi connectivity index (χ2v) is 6.98. The maximum Gasteiger partial charge on any atom is 0.255 e. The van der Waals surface area contributed by atoms with Crippen LogP contribution in [0.15, 0.2) is 12.3 Å². The van der Waals surface area contributed by atoms with Gasteiger partial charge in [0.05, 0.1) is 11.3 Å². The van der Waals surface area contributed by atoms with E-state index < -0.39 is 0 Å². The average molecular weight is 313 g/mol. The van der Waals surface area contributed by atoms with Crippen LogP contribution >= 0.6 is 0 Å². The zero-order chi connectivity index (χ0) is 16.1. The van der Waals surface area contributed by atoms with Gasteiger partial charge in [-0.25, -0.2) is 4.98 Å². The number of nitrogens with one attached hydrogen (secondary N) is 1. The van der Waals surface area contributed by atoms with E-state index >= 15 is 0 Å². The monoisotopic (exact) mass is 313 g/mol. The van der Waals surface area contributed by atoms with Crippen molar-refractivity contribution in [1.82, 2.24) is 25.0 Å². The van der Waals surface area contributed by atoms with Crippen LogP contribution < -0.4 is 5.32 Å². The van der Waals surface area contributed by atoms with Crippen LogP contribution in [0.5, 0.6) is 0 Å². The molecule has 0 spiro atoms. The van der Waals surface area contributed by atoms with Crippen molar-refractivity contribution in [3.8, 4) is 0 Å². The number of nitrogens with zero attached hydrogens (tertiary/aromatic N) is 4. The Bertz CT molecular complexity index is 756. The minimum Gasteiger partial charge on any atom is -0.339 e. The molecule has 2 aromatic heterocycles. The smallest absolute Gasteiger partial charge is 0.255 e. The standard InChI is InChI=1S/C17H23N5O/c1-10-15-6-11(9-18-16(15)22(3)20-10)17(23)21(2)14-7-12-4-5-13(8-14)19-12/h6,9,12-14,19H,4-5,7-8H2,1-3H3. The van der Waals surface area contributed by atoms with Crippen LogP contribution in [-0.4, -0.2) is 50.7 Å². The Morgan fingerprint density at radius 3 is 2.74 bits per heavy atom. The lowest BCUT2D eigenvalue weighted by Crippen LogP contribution is -2.48. The van der Waals surface area contributed by atoms with E-state index in [0.29, 0.717) is 23.7 Å². The minimum absolute atomic E-state index is 0.0638. The van der Waals surface area contributed by atoms with Gasteiger partial charge in [-0.15, -0.1) is 0 Å². The molecule has 0 saturated carbocycles. The molecule has 2 atom stereocenters. The Labute approximate surface area is 135 Å². The summed E-state index contributed by atoms with van der Waals surface area (Å²) in [5, 5.41) is 8.96. The molecule has 2 fully saturated rings. The summed E-state index contributed by atoms with van der Waals surface area (Å²) in [5.41, 5.74) is 2.39. The van der Waals surface area contributed by atoms with Crippen molar-refractivity contribution in [2.45, 2.75) is 50.7 Å². The molecule has 122 valence electrons. The van der Waals surface area contributed by atoms with E-state index in [9.17, 15) is 4.79 Å². The fraction of sp³-hybridized carbons (Fsp3) is 0.588. The van der Waals surface area contributed by atoms with E-state index in [1.54, 1.807) is 10.9 Å². The van der Waals surface area contributed by atoms with Crippen LogP contribution in [0.2, 0.25) is 0 Å². The molecule has 6 nitrogen and oxygen atoms in total. The van der Waals surface area contributed by atoms with Gasteiger partial charge in [0.25, 0.3) is 5.91 Å². The largest absolute Gasteiger partial charge is 0.339 e. The van der Waals surface area contributed by atoms with Gasteiger partial charge in [0.2, 0.25) is 0 Å². The maximum atomic E-state index is 12.9. The van der Waals surface area contributed by atoms with Crippen molar-refractivity contribution in [3.63, 3.8) is 0 Å². The van der Waals surface area contributed by atoms with Crippen molar-refractivity contribution in [1.29, 1.82) is 0 Å². The van der Waals surface area contributed by atoms with Crippen molar-refractivity contribution in [2.75, 3.05) is 7.05 Å². The number of fused-ring (bicyclic) bond motifs is 3. The quantitative estimate of drug-likeness (QED) is 0.915. The fourth-order valence-corrected chi connectivity index (χ4v) is 4.14. The first-order valence-electron chi connectivity index (χ1n) is 8.35. The molecule has 6 heteroatoms. The predicted octanol–water partition coefficient (Wildman–Crippen LogP) is 1.63. The van der Waals surface area contributed by atoms with Gasteiger partial charge in [-0.3, -0.25) is 9.48 Å². The number of pyridine rings is 1. The van der Waals surface area contributed by atoms with Gasteiger partial charge in [0.15, 0.2) is 5.65 Å². The van der Waals surface area contributed by atoms with E-state index in [-0.39, 0.29) is 5.91 Å². The number of aryl methyl sites for hydroxylation is 2. The van der Waals surface area contributed by atoms with E-state index in [1.165, 1.54) is 12.8 Å². The Kier molecular flexibility index (Phi) is 3.37. The second-order valence-electron chi connectivity index (χ2n) is 6.98. The number of amides is 1. The summed E-state index contributed by atoms with van der Waals surface area (Å²) in [5.74, 6) is 0.0638. The summed E-state index contributed by atoms with van der Waals surface area (Å²) in [6, 6.07) is 3.41. The summed E-state index contributed by atoms with van der Waals surface area (Å²) in [4.78, 5) is 19.2. The molecule has 2 unspecified atom stereocenters. The number of hydrogen-bond donors (Lipinski definition) is 1. The zero-order valence-corrected chi connectivity index (χ0v) is 13.9. The summed E-state index contributed by atoms with van der Waals surface area (Å²) in [6.07, 6.45) is 6.27. The lowest BCUT2D eigenvalue weighted by atomic mass is 9.98. The van der Waals surface area contributed by atoms with Gasteiger partial charge in [-0.2, -0.15) is 5.10 Å². The Balaban J connectivity index is 1.59. The third kappa shape index (κ3) is 2.41. The molecule has 2 aromatic rings. The predicted molar refractivity (Wildman–Crippen MR) is 88.3 cm³/mol. The zero-order valence-electron chi connectivity index (χ0n) is 13.9. The Hall–Kier alpha value is -1.95. The number of rotatable bonds is 2. The molecule has 0 aromatic carbocycles. The van der Waals surface area contributed by atoms with E-state index in [1.807, 2.05) is 32.0 Å². The van der Waals surface area contributed by atoms with Crippen molar-refractivity contribution >= 4 is 16.9 Å². The number of aromatic nitrogens is 3. The molecule has 0 aliphatic carbocycles. The van der Waals surface area contributed by atoms with Crippen LogP contribution in [-0.2, 0) is 7.05 Å². The number of piperidine rings is 1. The maximum absolute atomic E-state index is 12.9. The van der Waals surface area contributed by atoms with E-state index in [0.717, 1.165) is 29.6 Å². The number of carbonyl (C=O) groups excluding carboxylic acids is 1. The molecule has 1 amide bonds. The van der Waals surface area contributed by atoms with Crippen molar-refractivity contribution < 1.29 is 4.79 Å². The highest BCUT2D eigenvalue weighted by Crippen LogP contribution is 2.30. The molecule has 2 aliphatic rings. The topological polar surface area (TPSA) is 63.1 Å². The molecule has 4 heterocycles. The number of carbonyl (C=O) groups is 1. The lowest BCUT2D eigenvalue weighted by molar-refractivity contribution is 0.0681. The van der Waals surface area contributed by atoms with Crippen LogP contribution in [0.3, 0.4) is 0 Å². The number of hydrogen-bond acceptors (Lipinski definition) is 4. The highest BCUT2D eigenvalue weighted by atomic mass is 16.2. The first kappa shape index (κ1) is 14.6. The van der Waals surface area contributed by atoms with Gasteiger partial charge in [-0.1, -0.05) is 0 Å². The van der Waals surface area contributed by atoms with Gasteiger partial charge in [-0.05, 0) is 38.7 Å². The summed E-state index contributed by atoms with van der Waals surface area (Å²) in [6.45, 7) is 1.95. The van der Waals surface area contributed by atoms with Gasteiger partial charge < -0.3 is 10.2 Å². The summed E-state index contributed by atoms with van der Waals surface area (Å²) < 4.78 is 1.76. The highest BCUT2D eigenvalue weighted by molar-refractivity contribution is 5.97. The summed E-state index contributed by atoms with van der Waals surface area (Å²) in [7, 11) is 3.80. The summed E-state index contributed by atoms with van der Waals surface area (Å²) >= 11 is 0. The third-order valence-electron chi connectivity index (χ3n) is 5.43. The molecule has 2 bridgehead atoms. The lowest BCUT2D eigenvalue weighted by Gasteiger charge is -2.35. The van der Waals surface area contributed by atoms with Gasteiger partial charge >= 0.3 is 0 Å². The third-order valence-corrected chi connectivity index (χ3v) is 5.43. The fourth-order valence-electron chi connectivity index (χ4n) is 4.14. The minimum atomic E-state index is 0.0638. The molecule has 1 N–H and O–H groups in total. The SMILES string of the molecule is Cc1nn(C)c2ncc(C(=O)N(C)C3CC4CCC(C3)N4)cc12. The Morgan fingerprint density at radius 2 is 2.04 bits per heavy atom. The van der Waals surface area contributed by atoms with Crippen LogP contribution in [0.4, 0.5) is 0 Å². The van der Waals surface area contributed by atoms with Crippen molar-refractivity contribution in [2.24, 2.45) is 7.05 Å². The molecule has 4 rings (SSSR count). The van der Waals surface area contributed by atoms with E-state index in [4.69, 9.17) is 0 Å². The highest BCUT2D eigenvalue weighted by Gasteiger charge is 2.36. The second kappa shape index (κ2) is 5.30. The first-order valence-corrected chi connectivity index (χ1v) is 8.35. The first-order chi connectivity index (χ1) is 11.0. The van der Waals surface area contributed by atoms with E-state index in [2.05, 4.69) is 15.4 Å².